The average molecular weight is 292 g/mol. The van der Waals surface area contributed by atoms with Gasteiger partial charge in [0.2, 0.25) is 5.88 Å². The summed E-state index contributed by atoms with van der Waals surface area (Å²) in [5.41, 5.74) is 0.695. The molecule has 20 heavy (non-hydrogen) atoms. The second kappa shape index (κ2) is 6.30. The molecule has 0 bridgehead atoms. The number of halogens is 2. The molecule has 0 aliphatic rings. The number of nitrogens with zero attached hydrogens (tertiary/aromatic N) is 1. The van der Waals surface area contributed by atoms with Crippen molar-refractivity contribution >= 4 is 23.5 Å². The van der Waals surface area contributed by atoms with Crippen LogP contribution in [0, 0.1) is 5.82 Å². The summed E-state index contributed by atoms with van der Waals surface area (Å²) in [5, 5.41) is 0.252. The van der Waals surface area contributed by atoms with Crippen LogP contribution in [0.15, 0.2) is 42.6 Å². The van der Waals surface area contributed by atoms with Crippen molar-refractivity contribution in [2.24, 2.45) is 0 Å². The van der Waals surface area contributed by atoms with Crippen molar-refractivity contribution in [2.45, 2.75) is 0 Å². The minimum Gasteiger partial charge on any atom is -0.481 e. The lowest BCUT2D eigenvalue weighted by Crippen LogP contribution is -1.98. The van der Waals surface area contributed by atoms with Crippen LogP contribution >= 0.6 is 11.6 Å². The first-order chi connectivity index (χ1) is 9.60. The monoisotopic (exact) mass is 291 g/mol. The normalized spacial score (nSPS) is 10.8. The van der Waals surface area contributed by atoms with Crippen molar-refractivity contribution in [3.05, 3.63) is 64.6 Å². The van der Waals surface area contributed by atoms with E-state index >= 15 is 0 Å². The molecule has 0 fully saturated rings. The van der Waals surface area contributed by atoms with Crippen LogP contribution in [0.25, 0.3) is 6.08 Å². The number of ether oxygens (including phenoxy) is 1. The summed E-state index contributed by atoms with van der Waals surface area (Å²) in [6.07, 6.45) is 4.40. The van der Waals surface area contributed by atoms with Crippen LogP contribution in [0.4, 0.5) is 4.39 Å². The Kier molecular flexibility index (Phi) is 4.48. The number of hydrogen-bond acceptors (Lipinski definition) is 3. The molecule has 0 N–H and O–H groups in total. The number of ketones is 1. The van der Waals surface area contributed by atoms with Crippen molar-refractivity contribution in [3.63, 3.8) is 0 Å². The third-order valence-electron chi connectivity index (χ3n) is 2.59. The van der Waals surface area contributed by atoms with Gasteiger partial charge in [0, 0.05) is 17.3 Å². The smallest absolute Gasteiger partial charge is 0.212 e. The molecular formula is C15H11ClFNO2. The van der Waals surface area contributed by atoms with Crippen LogP contribution in [0.3, 0.4) is 0 Å². The fourth-order valence-corrected chi connectivity index (χ4v) is 1.72. The molecule has 0 spiro atoms. The van der Waals surface area contributed by atoms with Crippen molar-refractivity contribution in [3.8, 4) is 5.88 Å². The van der Waals surface area contributed by atoms with Gasteiger partial charge in [-0.1, -0.05) is 11.6 Å². The Hall–Kier alpha value is -2.20. The van der Waals surface area contributed by atoms with E-state index < -0.39 is 11.6 Å². The van der Waals surface area contributed by atoms with Crippen LogP contribution in [-0.2, 0) is 0 Å². The minimum atomic E-state index is -0.639. The lowest BCUT2D eigenvalue weighted by Gasteiger charge is -2.00. The number of benzene rings is 1. The van der Waals surface area contributed by atoms with Crippen molar-refractivity contribution in [1.29, 1.82) is 0 Å². The molecule has 5 heteroatoms. The molecule has 0 saturated heterocycles. The summed E-state index contributed by atoms with van der Waals surface area (Å²) < 4.78 is 18.5. The molecule has 0 radical (unpaired) electrons. The highest BCUT2D eigenvalue weighted by molar-refractivity contribution is 6.30. The zero-order valence-corrected chi connectivity index (χ0v) is 11.4. The van der Waals surface area contributed by atoms with Gasteiger partial charge >= 0.3 is 0 Å². The molecule has 2 rings (SSSR count). The topological polar surface area (TPSA) is 39.2 Å². The van der Waals surface area contributed by atoms with E-state index in [0.717, 1.165) is 6.07 Å². The molecule has 1 aromatic heterocycles. The van der Waals surface area contributed by atoms with E-state index in [1.54, 1.807) is 24.4 Å². The summed E-state index contributed by atoms with van der Waals surface area (Å²) in [5.74, 6) is -0.591. The molecule has 0 unspecified atom stereocenters. The van der Waals surface area contributed by atoms with Crippen LogP contribution < -0.4 is 4.74 Å². The van der Waals surface area contributed by atoms with Gasteiger partial charge in [-0.3, -0.25) is 4.79 Å². The van der Waals surface area contributed by atoms with Crippen molar-refractivity contribution in [2.75, 3.05) is 7.11 Å². The predicted molar refractivity (Wildman–Crippen MR) is 75.6 cm³/mol. The lowest BCUT2D eigenvalue weighted by molar-refractivity contribution is 0.104. The summed E-state index contributed by atoms with van der Waals surface area (Å²) in [7, 11) is 1.52. The first kappa shape index (κ1) is 14.2. The van der Waals surface area contributed by atoms with Gasteiger partial charge in [0.1, 0.15) is 5.82 Å². The Balaban J connectivity index is 2.15. The Morgan fingerprint density at radius 1 is 1.35 bits per heavy atom. The second-order valence-electron chi connectivity index (χ2n) is 3.96. The van der Waals surface area contributed by atoms with Gasteiger partial charge in [0.05, 0.1) is 12.7 Å². The molecule has 0 saturated carbocycles. The number of pyridine rings is 1. The predicted octanol–water partition coefficient (Wildman–Crippen LogP) is 3.78. The lowest BCUT2D eigenvalue weighted by atomic mass is 10.1. The van der Waals surface area contributed by atoms with Crippen molar-refractivity contribution in [1.82, 2.24) is 4.98 Å². The summed E-state index contributed by atoms with van der Waals surface area (Å²) in [4.78, 5) is 15.9. The zero-order chi connectivity index (χ0) is 14.5. The number of aromatic nitrogens is 1. The van der Waals surface area contributed by atoms with E-state index in [0.29, 0.717) is 11.4 Å². The number of carbonyl (C=O) groups excluding carboxylic acids is 1. The van der Waals surface area contributed by atoms with Gasteiger partial charge in [0.15, 0.2) is 5.78 Å². The molecular weight excluding hydrogens is 281 g/mol. The standard InChI is InChI=1S/C15H11ClFNO2/c1-20-15-7-3-10(9-18-15)2-6-14(19)12-5-4-11(16)8-13(12)17/h2-9H,1H3. The Morgan fingerprint density at radius 2 is 2.15 bits per heavy atom. The third kappa shape index (κ3) is 3.42. The average Bonchev–Trinajstić information content (AvgIpc) is 2.45. The number of carbonyl (C=O) groups is 1. The van der Waals surface area contributed by atoms with E-state index in [1.165, 1.54) is 25.3 Å². The SMILES string of the molecule is COc1ccc(C=CC(=O)c2ccc(Cl)cc2F)cn1. The Bertz CT molecular complexity index is 653. The van der Waals surface area contributed by atoms with E-state index in [9.17, 15) is 9.18 Å². The summed E-state index contributed by atoms with van der Waals surface area (Å²) in [6.45, 7) is 0. The van der Waals surface area contributed by atoms with E-state index in [-0.39, 0.29) is 10.6 Å². The minimum absolute atomic E-state index is 0.0212. The largest absolute Gasteiger partial charge is 0.481 e. The van der Waals surface area contributed by atoms with Gasteiger partial charge in [-0.25, -0.2) is 9.37 Å². The van der Waals surface area contributed by atoms with E-state index in [4.69, 9.17) is 16.3 Å². The zero-order valence-electron chi connectivity index (χ0n) is 10.6. The molecule has 1 heterocycles. The molecule has 0 aliphatic carbocycles. The highest BCUT2D eigenvalue weighted by Crippen LogP contribution is 2.16. The Labute approximate surface area is 120 Å². The summed E-state index contributed by atoms with van der Waals surface area (Å²) in [6, 6.07) is 7.36. The first-order valence-electron chi connectivity index (χ1n) is 5.77. The maximum Gasteiger partial charge on any atom is 0.212 e. The van der Waals surface area contributed by atoms with Crippen LogP contribution in [0.5, 0.6) is 5.88 Å². The molecule has 0 amide bonds. The van der Waals surface area contributed by atoms with Crippen molar-refractivity contribution < 1.29 is 13.9 Å². The number of rotatable bonds is 4. The van der Waals surface area contributed by atoms with Gasteiger partial charge in [0.25, 0.3) is 0 Å². The van der Waals surface area contributed by atoms with Gasteiger partial charge in [-0.15, -0.1) is 0 Å². The van der Waals surface area contributed by atoms with Crippen LogP contribution in [0.2, 0.25) is 5.02 Å². The number of methoxy groups -OCH3 is 1. The first-order valence-corrected chi connectivity index (χ1v) is 6.15. The Morgan fingerprint density at radius 3 is 2.75 bits per heavy atom. The molecule has 0 aliphatic heterocycles. The molecule has 1 aromatic carbocycles. The third-order valence-corrected chi connectivity index (χ3v) is 2.83. The number of allylic oxidation sites excluding steroid dienone is 1. The fourth-order valence-electron chi connectivity index (χ4n) is 1.56. The quantitative estimate of drug-likeness (QED) is 0.636. The molecule has 102 valence electrons. The van der Waals surface area contributed by atoms with Gasteiger partial charge < -0.3 is 4.74 Å². The van der Waals surface area contributed by atoms with Crippen LogP contribution in [0.1, 0.15) is 15.9 Å². The molecule has 2 aromatic rings. The second-order valence-corrected chi connectivity index (χ2v) is 4.39. The van der Waals surface area contributed by atoms with Gasteiger partial charge in [-0.2, -0.15) is 0 Å². The number of hydrogen-bond donors (Lipinski definition) is 0. The maximum absolute atomic E-state index is 13.6. The highest BCUT2D eigenvalue weighted by atomic mass is 35.5. The van der Waals surface area contributed by atoms with Gasteiger partial charge in [-0.05, 0) is 42.0 Å². The van der Waals surface area contributed by atoms with E-state index in [1.807, 2.05) is 0 Å². The molecule has 0 atom stereocenters. The fraction of sp³-hybridized carbons (Fsp3) is 0.0667. The van der Waals surface area contributed by atoms with Crippen LogP contribution in [-0.4, -0.2) is 17.9 Å². The molecule has 3 nitrogen and oxygen atoms in total. The summed E-state index contributed by atoms with van der Waals surface area (Å²) >= 11 is 5.63. The maximum atomic E-state index is 13.6. The van der Waals surface area contributed by atoms with E-state index in [2.05, 4.69) is 4.98 Å². The highest BCUT2D eigenvalue weighted by Gasteiger charge is 2.08.